The van der Waals surface area contributed by atoms with Gasteiger partial charge in [-0.3, -0.25) is 0 Å². The number of nitrogens with zero attached hydrogens (tertiary/aromatic N) is 1. The number of pyridine rings is 1. The third-order valence-electron chi connectivity index (χ3n) is 2.02. The predicted molar refractivity (Wildman–Crippen MR) is 58.1 cm³/mol. The number of fused-ring (bicyclic) bond motifs is 1. The average Bonchev–Trinajstić information content (AvgIpc) is 2.14. The van der Waals surface area contributed by atoms with Gasteiger partial charge in [-0.05, 0) is 18.2 Å². The van der Waals surface area contributed by atoms with E-state index in [0.29, 0.717) is 5.39 Å². The van der Waals surface area contributed by atoms with Gasteiger partial charge in [-0.1, -0.05) is 11.6 Å². The highest BCUT2D eigenvalue weighted by atomic mass is 35.5. The summed E-state index contributed by atoms with van der Waals surface area (Å²) < 4.78 is 35.5. The second-order valence-corrected chi connectivity index (χ2v) is 5.07. The van der Waals surface area contributed by atoms with Crippen LogP contribution in [0.25, 0.3) is 10.9 Å². The molecule has 2 N–H and O–H groups in total. The van der Waals surface area contributed by atoms with Gasteiger partial charge in [0, 0.05) is 11.5 Å². The maximum Gasteiger partial charge on any atom is 0.240 e. The summed E-state index contributed by atoms with van der Waals surface area (Å²) >= 11 is 5.62. The first kappa shape index (κ1) is 11.3. The molecule has 0 fully saturated rings. The Morgan fingerprint density at radius 1 is 1.31 bits per heavy atom. The van der Waals surface area contributed by atoms with Crippen LogP contribution < -0.4 is 5.14 Å². The topological polar surface area (TPSA) is 73.1 Å². The van der Waals surface area contributed by atoms with E-state index in [0.717, 1.165) is 12.1 Å². The third kappa shape index (κ3) is 1.99. The Labute approximate surface area is 95.9 Å². The molecule has 1 heterocycles. The van der Waals surface area contributed by atoms with Crippen LogP contribution >= 0.6 is 11.6 Å². The first-order valence-electron chi connectivity index (χ1n) is 4.16. The molecule has 0 radical (unpaired) electrons. The quantitative estimate of drug-likeness (QED) is 0.793. The fourth-order valence-electron chi connectivity index (χ4n) is 1.32. The van der Waals surface area contributed by atoms with E-state index in [9.17, 15) is 12.8 Å². The summed E-state index contributed by atoms with van der Waals surface area (Å²) in [4.78, 5) is 3.30. The zero-order valence-electron chi connectivity index (χ0n) is 7.81. The summed E-state index contributed by atoms with van der Waals surface area (Å²) in [5.74, 6) is -0.940. The highest BCUT2D eigenvalue weighted by molar-refractivity contribution is 7.89. The SMILES string of the molecule is NS(=O)(=O)c1cc2ccc(Cl)nc2cc1F. The second kappa shape index (κ2) is 3.65. The van der Waals surface area contributed by atoms with Crippen molar-refractivity contribution in [3.8, 4) is 0 Å². The van der Waals surface area contributed by atoms with Gasteiger partial charge >= 0.3 is 0 Å². The molecule has 1 aromatic carbocycles. The zero-order chi connectivity index (χ0) is 11.9. The molecule has 2 aromatic rings. The Morgan fingerprint density at radius 2 is 2.00 bits per heavy atom. The van der Waals surface area contributed by atoms with Gasteiger partial charge in [-0.15, -0.1) is 0 Å². The normalized spacial score (nSPS) is 11.9. The summed E-state index contributed by atoms with van der Waals surface area (Å²) in [5.41, 5.74) is 0.275. The molecule has 0 amide bonds. The van der Waals surface area contributed by atoms with Gasteiger partial charge in [-0.2, -0.15) is 0 Å². The molecule has 0 aliphatic rings. The first-order valence-corrected chi connectivity index (χ1v) is 6.09. The monoisotopic (exact) mass is 260 g/mol. The number of hydrogen-bond donors (Lipinski definition) is 1. The smallest absolute Gasteiger partial charge is 0.236 e. The van der Waals surface area contributed by atoms with Crippen LogP contribution in [0, 0.1) is 5.82 Å². The van der Waals surface area contributed by atoms with Crippen molar-refractivity contribution in [3.05, 3.63) is 35.2 Å². The number of sulfonamides is 1. The van der Waals surface area contributed by atoms with Gasteiger partial charge in [0.15, 0.2) is 0 Å². The van der Waals surface area contributed by atoms with E-state index in [1.807, 2.05) is 0 Å². The van der Waals surface area contributed by atoms with E-state index >= 15 is 0 Å². The van der Waals surface area contributed by atoms with E-state index in [1.165, 1.54) is 6.07 Å². The molecule has 0 spiro atoms. The van der Waals surface area contributed by atoms with Crippen LogP contribution in [0.4, 0.5) is 4.39 Å². The minimum Gasteiger partial charge on any atom is -0.236 e. The number of benzene rings is 1. The highest BCUT2D eigenvalue weighted by Gasteiger charge is 2.15. The maximum absolute atomic E-state index is 13.4. The minimum atomic E-state index is -4.07. The lowest BCUT2D eigenvalue weighted by Gasteiger charge is -2.03. The fourth-order valence-corrected chi connectivity index (χ4v) is 2.09. The van der Waals surface area contributed by atoms with Crippen LogP contribution in [0.3, 0.4) is 0 Å². The molecule has 0 bridgehead atoms. The first-order chi connectivity index (χ1) is 7.38. The van der Waals surface area contributed by atoms with Crippen molar-refractivity contribution in [1.82, 2.24) is 4.98 Å². The van der Waals surface area contributed by atoms with E-state index in [4.69, 9.17) is 16.7 Å². The van der Waals surface area contributed by atoms with E-state index < -0.39 is 20.7 Å². The molecule has 0 saturated heterocycles. The van der Waals surface area contributed by atoms with Crippen molar-refractivity contribution in [1.29, 1.82) is 0 Å². The molecule has 7 heteroatoms. The molecule has 2 rings (SSSR count). The summed E-state index contributed by atoms with van der Waals surface area (Å²) in [6, 6.07) is 5.14. The standard InChI is InChI=1S/C9H6ClFN2O2S/c10-9-2-1-5-3-8(16(12,14)15)6(11)4-7(5)13-9/h1-4H,(H2,12,14,15). The van der Waals surface area contributed by atoms with Crippen molar-refractivity contribution >= 4 is 32.5 Å². The molecule has 0 aliphatic carbocycles. The molecule has 84 valence electrons. The molecular formula is C9H6ClFN2O2S. The third-order valence-corrected chi connectivity index (χ3v) is 3.15. The number of nitrogens with two attached hydrogens (primary N) is 1. The minimum absolute atomic E-state index is 0.204. The van der Waals surface area contributed by atoms with Crippen LogP contribution in [-0.2, 0) is 10.0 Å². The van der Waals surface area contributed by atoms with Crippen molar-refractivity contribution in [2.75, 3.05) is 0 Å². The Hall–Kier alpha value is -1.24. The fraction of sp³-hybridized carbons (Fsp3) is 0. The Kier molecular flexibility index (Phi) is 2.57. The van der Waals surface area contributed by atoms with Crippen molar-refractivity contribution < 1.29 is 12.8 Å². The molecule has 0 atom stereocenters. The number of rotatable bonds is 1. The second-order valence-electron chi connectivity index (χ2n) is 3.15. The molecule has 16 heavy (non-hydrogen) atoms. The molecule has 4 nitrogen and oxygen atoms in total. The van der Waals surface area contributed by atoms with Gasteiger partial charge in [0.25, 0.3) is 0 Å². The van der Waals surface area contributed by atoms with Crippen molar-refractivity contribution in [3.63, 3.8) is 0 Å². The van der Waals surface area contributed by atoms with Crippen LogP contribution in [0.1, 0.15) is 0 Å². The Balaban J connectivity index is 2.83. The van der Waals surface area contributed by atoms with Gasteiger partial charge in [0.1, 0.15) is 15.9 Å². The van der Waals surface area contributed by atoms with E-state index in [2.05, 4.69) is 4.98 Å². The Morgan fingerprint density at radius 3 is 2.62 bits per heavy atom. The molecule has 0 saturated carbocycles. The number of primary sulfonamides is 1. The van der Waals surface area contributed by atoms with E-state index in [-0.39, 0.29) is 10.7 Å². The van der Waals surface area contributed by atoms with E-state index in [1.54, 1.807) is 6.07 Å². The lowest BCUT2D eigenvalue weighted by molar-refractivity contribution is 0.569. The molecule has 1 aromatic heterocycles. The number of hydrogen-bond acceptors (Lipinski definition) is 3. The molecular weight excluding hydrogens is 255 g/mol. The van der Waals surface area contributed by atoms with Crippen LogP contribution in [0.15, 0.2) is 29.2 Å². The molecule has 0 unspecified atom stereocenters. The summed E-state index contributed by atoms with van der Waals surface area (Å²) in [6.45, 7) is 0. The number of aromatic nitrogens is 1. The predicted octanol–water partition coefficient (Wildman–Crippen LogP) is 1.67. The zero-order valence-corrected chi connectivity index (χ0v) is 9.39. The lowest BCUT2D eigenvalue weighted by Crippen LogP contribution is -2.14. The van der Waals surface area contributed by atoms with Crippen LogP contribution in [0.2, 0.25) is 5.15 Å². The van der Waals surface area contributed by atoms with Gasteiger partial charge in [0.05, 0.1) is 5.52 Å². The largest absolute Gasteiger partial charge is 0.240 e. The van der Waals surface area contributed by atoms with Gasteiger partial charge in [-0.25, -0.2) is 22.9 Å². The Bertz CT molecular complexity index is 673. The lowest BCUT2D eigenvalue weighted by atomic mass is 10.2. The van der Waals surface area contributed by atoms with Crippen LogP contribution in [-0.4, -0.2) is 13.4 Å². The summed E-state index contributed by atoms with van der Waals surface area (Å²) in [5, 5.41) is 5.52. The summed E-state index contributed by atoms with van der Waals surface area (Å²) in [6.07, 6.45) is 0. The molecule has 0 aliphatic heterocycles. The maximum atomic E-state index is 13.4. The average molecular weight is 261 g/mol. The van der Waals surface area contributed by atoms with Crippen LogP contribution in [0.5, 0.6) is 0 Å². The highest BCUT2D eigenvalue weighted by Crippen LogP contribution is 2.22. The summed E-state index contributed by atoms with van der Waals surface area (Å²) in [7, 11) is -4.07. The van der Waals surface area contributed by atoms with Crippen molar-refractivity contribution in [2.45, 2.75) is 4.90 Å². The van der Waals surface area contributed by atoms with Gasteiger partial charge in [0.2, 0.25) is 10.0 Å². The van der Waals surface area contributed by atoms with Crippen molar-refractivity contribution in [2.24, 2.45) is 5.14 Å². The number of halogens is 2. The van der Waals surface area contributed by atoms with Gasteiger partial charge < -0.3 is 0 Å².